The molecule has 78 valence electrons. The summed E-state index contributed by atoms with van der Waals surface area (Å²) < 4.78 is 0. The maximum absolute atomic E-state index is 11.4. The monoisotopic (exact) mass is 206 g/mol. The number of nitrogen functional groups attached to an aromatic ring is 1. The van der Waals surface area contributed by atoms with E-state index in [9.17, 15) is 9.59 Å². The van der Waals surface area contributed by atoms with Crippen molar-refractivity contribution >= 4 is 23.3 Å². The van der Waals surface area contributed by atoms with Gasteiger partial charge in [-0.3, -0.25) is 4.79 Å². The molecule has 1 unspecified atom stereocenters. The van der Waals surface area contributed by atoms with Crippen LogP contribution < -0.4 is 11.1 Å². The third-order valence-corrected chi connectivity index (χ3v) is 2.55. The number of amides is 1. The van der Waals surface area contributed by atoms with Crippen LogP contribution in [0.2, 0.25) is 0 Å². The van der Waals surface area contributed by atoms with Crippen molar-refractivity contribution in [1.29, 1.82) is 0 Å². The van der Waals surface area contributed by atoms with E-state index in [0.717, 1.165) is 0 Å². The SMILES string of the molecule is CC1C(=O)Nc2c(N)cc(C(=O)O)cc21. The number of carbonyl (C=O) groups excluding carboxylic acids is 1. The van der Waals surface area contributed by atoms with Gasteiger partial charge in [-0.25, -0.2) is 4.79 Å². The highest BCUT2D eigenvalue weighted by molar-refractivity contribution is 6.07. The van der Waals surface area contributed by atoms with Crippen molar-refractivity contribution in [3.63, 3.8) is 0 Å². The first-order valence-electron chi connectivity index (χ1n) is 4.48. The van der Waals surface area contributed by atoms with Crippen LogP contribution in [0.4, 0.5) is 11.4 Å². The van der Waals surface area contributed by atoms with E-state index in [0.29, 0.717) is 16.9 Å². The second kappa shape index (κ2) is 2.98. The van der Waals surface area contributed by atoms with Crippen LogP contribution in [0.5, 0.6) is 0 Å². The van der Waals surface area contributed by atoms with Gasteiger partial charge in [0.15, 0.2) is 0 Å². The summed E-state index contributed by atoms with van der Waals surface area (Å²) in [5.74, 6) is -1.54. The number of carbonyl (C=O) groups is 2. The van der Waals surface area contributed by atoms with E-state index in [4.69, 9.17) is 10.8 Å². The van der Waals surface area contributed by atoms with Crippen molar-refractivity contribution in [3.05, 3.63) is 23.3 Å². The Morgan fingerprint density at radius 1 is 1.53 bits per heavy atom. The molecule has 5 nitrogen and oxygen atoms in total. The van der Waals surface area contributed by atoms with Gasteiger partial charge in [0, 0.05) is 0 Å². The van der Waals surface area contributed by atoms with Gasteiger partial charge in [0.05, 0.1) is 22.9 Å². The van der Waals surface area contributed by atoms with E-state index in [1.807, 2.05) is 0 Å². The molecule has 5 heteroatoms. The minimum atomic E-state index is -1.05. The summed E-state index contributed by atoms with van der Waals surface area (Å²) in [5, 5.41) is 11.5. The summed E-state index contributed by atoms with van der Waals surface area (Å²) >= 11 is 0. The fourth-order valence-corrected chi connectivity index (χ4v) is 1.67. The highest BCUT2D eigenvalue weighted by Crippen LogP contribution is 2.37. The quantitative estimate of drug-likeness (QED) is 0.598. The summed E-state index contributed by atoms with van der Waals surface area (Å²) in [6, 6.07) is 2.83. The van der Waals surface area contributed by atoms with Gasteiger partial charge in [-0.05, 0) is 24.6 Å². The van der Waals surface area contributed by atoms with Crippen molar-refractivity contribution in [1.82, 2.24) is 0 Å². The number of anilines is 2. The fraction of sp³-hybridized carbons (Fsp3) is 0.200. The maximum Gasteiger partial charge on any atom is 0.335 e. The first kappa shape index (κ1) is 9.51. The first-order valence-corrected chi connectivity index (χ1v) is 4.48. The molecular weight excluding hydrogens is 196 g/mol. The van der Waals surface area contributed by atoms with Crippen LogP contribution in [-0.2, 0) is 4.79 Å². The number of carboxylic acids is 1. The summed E-state index contributed by atoms with van der Waals surface area (Å²) in [6.45, 7) is 1.71. The van der Waals surface area contributed by atoms with Crippen LogP contribution in [0.3, 0.4) is 0 Å². The van der Waals surface area contributed by atoms with E-state index in [1.165, 1.54) is 12.1 Å². The Hall–Kier alpha value is -2.04. The van der Waals surface area contributed by atoms with Crippen LogP contribution >= 0.6 is 0 Å². The van der Waals surface area contributed by atoms with Gasteiger partial charge in [-0.2, -0.15) is 0 Å². The topological polar surface area (TPSA) is 92.4 Å². The highest BCUT2D eigenvalue weighted by Gasteiger charge is 2.29. The normalized spacial score (nSPS) is 18.5. The molecule has 1 aromatic carbocycles. The number of benzene rings is 1. The molecule has 15 heavy (non-hydrogen) atoms. The van der Waals surface area contributed by atoms with Crippen LogP contribution in [0.25, 0.3) is 0 Å². The standard InChI is InChI=1S/C10H10N2O3/c1-4-6-2-5(10(14)15)3-7(11)8(6)12-9(4)13/h2-4H,11H2,1H3,(H,12,13)(H,14,15). The molecular formula is C10H10N2O3. The molecule has 0 aliphatic carbocycles. The Morgan fingerprint density at radius 3 is 2.80 bits per heavy atom. The molecule has 0 fully saturated rings. The zero-order chi connectivity index (χ0) is 11.2. The third-order valence-electron chi connectivity index (χ3n) is 2.55. The molecule has 0 saturated carbocycles. The predicted molar refractivity (Wildman–Crippen MR) is 54.9 cm³/mol. The molecule has 0 aromatic heterocycles. The summed E-state index contributed by atoms with van der Waals surface area (Å²) in [6.07, 6.45) is 0. The molecule has 0 bridgehead atoms. The highest BCUT2D eigenvalue weighted by atomic mass is 16.4. The smallest absolute Gasteiger partial charge is 0.335 e. The van der Waals surface area contributed by atoms with Gasteiger partial charge in [-0.15, -0.1) is 0 Å². The third kappa shape index (κ3) is 1.32. The average Bonchev–Trinajstić information content (AvgIpc) is 2.45. The number of hydrogen-bond acceptors (Lipinski definition) is 3. The Balaban J connectivity index is 2.62. The van der Waals surface area contributed by atoms with Crippen molar-refractivity contribution in [3.8, 4) is 0 Å². The lowest BCUT2D eigenvalue weighted by molar-refractivity contribution is -0.116. The second-order valence-electron chi connectivity index (χ2n) is 3.55. The largest absolute Gasteiger partial charge is 0.478 e. The van der Waals surface area contributed by atoms with Gasteiger partial charge < -0.3 is 16.2 Å². The molecule has 1 aliphatic heterocycles. The zero-order valence-electron chi connectivity index (χ0n) is 8.07. The number of carboxylic acid groups (broad SMARTS) is 1. The Morgan fingerprint density at radius 2 is 2.20 bits per heavy atom. The van der Waals surface area contributed by atoms with Crippen molar-refractivity contribution in [2.24, 2.45) is 0 Å². The molecule has 1 amide bonds. The van der Waals surface area contributed by atoms with Crippen molar-refractivity contribution < 1.29 is 14.7 Å². The number of rotatable bonds is 1. The number of nitrogens with one attached hydrogen (secondary N) is 1. The molecule has 4 N–H and O–H groups in total. The molecule has 0 saturated heterocycles. The van der Waals surface area contributed by atoms with Crippen molar-refractivity contribution in [2.75, 3.05) is 11.1 Å². The van der Waals surface area contributed by atoms with Crippen LogP contribution in [0, 0.1) is 0 Å². The molecule has 2 rings (SSSR count). The maximum atomic E-state index is 11.4. The molecule has 0 radical (unpaired) electrons. The van der Waals surface area contributed by atoms with Gasteiger partial charge in [0.2, 0.25) is 5.91 Å². The lowest BCUT2D eigenvalue weighted by atomic mass is 9.99. The Kier molecular flexibility index (Phi) is 1.89. The number of hydrogen-bond donors (Lipinski definition) is 3. The minimum absolute atomic E-state index is 0.106. The lowest BCUT2D eigenvalue weighted by Crippen LogP contribution is -2.08. The average molecular weight is 206 g/mol. The molecule has 1 aromatic rings. The number of aromatic carboxylic acids is 1. The molecule has 1 aliphatic rings. The molecule has 0 spiro atoms. The van der Waals surface area contributed by atoms with Crippen molar-refractivity contribution in [2.45, 2.75) is 12.8 Å². The summed E-state index contributed by atoms with van der Waals surface area (Å²) in [7, 11) is 0. The van der Waals surface area contributed by atoms with Gasteiger partial charge in [0.1, 0.15) is 0 Å². The lowest BCUT2D eigenvalue weighted by Gasteiger charge is -2.06. The summed E-state index contributed by atoms with van der Waals surface area (Å²) in [5.41, 5.74) is 7.25. The molecule has 1 atom stereocenters. The van der Waals surface area contributed by atoms with E-state index < -0.39 is 5.97 Å². The fourth-order valence-electron chi connectivity index (χ4n) is 1.67. The van der Waals surface area contributed by atoms with E-state index in [2.05, 4.69) is 5.32 Å². The first-order chi connectivity index (χ1) is 7.00. The number of fused-ring (bicyclic) bond motifs is 1. The van der Waals surface area contributed by atoms with Gasteiger partial charge in [0.25, 0.3) is 0 Å². The predicted octanol–water partition coefficient (Wildman–Crippen LogP) is 1.02. The number of nitrogens with two attached hydrogens (primary N) is 1. The van der Waals surface area contributed by atoms with Crippen LogP contribution in [-0.4, -0.2) is 17.0 Å². The van der Waals surface area contributed by atoms with Gasteiger partial charge >= 0.3 is 5.97 Å². The zero-order valence-corrected chi connectivity index (χ0v) is 8.07. The van der Waals surface area contributed by atoms with E-state index in [1.54, 1.807) is 6.92 Å². The van der Waals surface area contributed by atoms with E-state index in [-0.39, 0.29) is 17.4 Å². The van der Waals surface area contributed by atoms with Gasteiger partial charge in [-0.1, -0.05) is 0 Å². The molecule has 1 heterocycles. The summed E-state index contributed by atoms with van der Waals surface area (Å²) in [4.78, 5) is 22.1. The van der Waals surface area contributed by atoms with Crippen LogP contribution in [0.15, 0.2) is 12.1 Å². The minimum Gasteiger partial charge on any atom is -0.478 e. The van der Waals surface area contributed by atoms with E-state index >= 15 is 0 Å². The Labute approximate surface area is 85.9 Å². The van der Waals surface area contributed by atoms with Crippen LogP contribution in [0.1, 0.15) is 28.8 Å². The second-order valence-corrected chi connectivity index (χ2v) is 3.55. The Bertz CT molecular complexity index is 468.